The summed E-state index contributed by atoms with van der Waals surface area (Å²) < 4.78 is 26.1. The summed E-state index contributed by atoms with van der Waals surface area (Å²) in [4.78, 5) is 24.5. The van der Waals surface area contributed by atoms with E-state index in [0.29, 0.717) is 16.8 Å². The van der Waals surface area contributed by atoms with Crippen molar-refractivity contribution in [2.24, 2.45) is 0 Å². The minimum Gasteiger partial charge on any atom is -0.322 e. The van der Waals surface area contributed by atoms with Crippen LogP contribution in [0.4, 0.5) is 20.2 Å². The van der Waals surface area contributed by atoms with Crippen molar-refractivity contribution >= 4 is 23.2 Å². The first-order valence-corrected chi connectivity index (χ1v) is 8.14. The quantitative estimate of drug-likeness (QED) is 0.710. The molecule has 0 saturated heterocycles. The van der Waals surface area contributed by atoms with E-state index in [1.54, 1.807) is 24.3 Å². The third kappa shape index (κ3) is 4.37. The first kappa shape index (κ1) is 18.7. The Hall–Kier alpha value is -4.05. The monoisotopic (exact) mass is 377 g/mol. The van der Waals surface area contributed by atoms with Gasteiger partial charge in [-0.05, 0) is 54.6 Å². The number of halogens is 2. The maximum atomic E-state index is 13.2. The fourth-order valence-electron chi connectivity index (χ4n) is 2.42. The van der Waals surface area contributed by atoms with E-state index in [4.69, 9.17) is 5.26 Å². The molecule has 0 aliphatic rings. The predicted octanol–water partition coefficient (Wildman–Crippen LogP) is 4.34. The Morgan fingerprint density at radius 1 is 0.750 bits per heavy atom. The minimum absolute atomic E-state index is 0.114. The van der Waals surface area contributed by atoms with Gasteiger partial charge in [-0.25, -0.2) is 8.78 Å². The van der Waals surface area contributed by atoms with Crippen molar-refractivity contribution in [1.82, 2.24) is 0 Å². The first-order chi connectivity index (χ1) is 13.5. The van der Waals surface area contributed by atoms with Crippen LogP contribution < -0.4 is 10.6 Å². The highest BCUT2D eigenvalue weighted by atomic mass is 19.2. The lowest BCUT2D eigenvalue weighted by Crippen LogP contribution is -2.14. The van der Waals surface area contributed by atoms with Gasteiger partial charge in [-0.1, -0.05) is 6.07 Å². The zero-order chi connectivity index (χ0) is 20.1. The zero-order valence-corrected chi connectivity index (χ0v) is 14.4. The van der Waals surface area contributed by atoms with E-state index in [2.05, 4.69) is 10.6 Å². The summed E-state index contributed by atoms with van der Waals surface area (Å²) in [6.45, 7) is 0. The molecule has 0 saturated carbocycles. The van der Waals surface area contributed by atoms with Crippen LogP contribution in [0.1, 0.15) is 26.3 Å². The summed E-state index contributed by atoms with van der Waals surface area (Å²) in [5.74, 6) is -3.00. The second-order valence-corrected chi connectivity index (χ2v) is 5.81. The highest BCUT2D eigenvalue weighted by Crippen LogP contribution is 2.16. The van der Waals surface area contributed by atoms with Gasteiger partial charge in [-0.15, -0.1) is 0 Å². The number of nitriles is 1. The van der Waals surface area contributed by atoms with Crippen LogP contribution in [0.25, 0.3) is 0 Å². The Labute approximate surface area is 159 Å². The van der Waals surface area contributed by atoms with Crippen LogP contribution in [-0.2, 0) is 0 Å². The van der Waals surface area contributed by atoms with E-state index in [9.17, 15) is 18.4 Å². The van der Waals surface area contributed by atoms with Gasteiger partial charge in [0, 0.05) is 28.6 Å². The van der Waals surface area contributed by atoms with Crippen molar-refractivity contribution in [2.45, 2.75) is 0 Å². The van der Waals surface area contributed by atoms with Gasteiger partial charge in [-0.3, -0.25) is 9.59 Å². The molecular formula is C21H13F2N3O2. The van der Waals surface area contributed by atoms with E-state index in [-0.39, 0.29) is 11.3 Å². The largest absolute Gasteiger partial charge is 0.322 e. The van der Waals surface area contributed by atoms with Crippen LogP contribution in [-0.4, -0.2) is 11.8 Å². The van der Waals surface area contributed by atoms with Crippen molar-refractivity contribution in [3.8, 4) is 6.07 Å². The lowest BCUT2D eigenvalue weighted by molar-refractivity contribution is 0.101. The van der Waals surface area contributed by atoms with E-state index < -0.39 is 23.4 Å². The summed E-state index contributed by atoms with van der Waals surface area (Å²) in [7, 11) is 0. The molecular weight excluding hydrogens is 364 g/mol. The minimum atomic E-state index is -1.06. The SMILES string of the molecule is N#Cc1cccc(NC(=O)c2ccc(C(=O)Nc3ccc(F)c(F)c3)cc2)c1. The molecule has 0 spiro atoms. The number of rotatable bonds is 4. The normalized spacial score (nSPS) is 10.0. The number of carbonyl (C=O) groups excluding carboxylic acids is 2. The highest BCUT2D eigenvalue weighted by molar-refractivity contribution is 6.07. The number of nitrogens with one attached hydrogen (secondary N) is 2. The Kier molecular flexibility index (Phi) is 5.42. The standard InChI is InChI=1S/C21H13F2N3O2/c22-18-9-8-17(11-19(18)23)26-21(28)15-6-4-14(5-7-15)20(27)25-16-3-1-2-13(10-16)12-24/h1-11H,(H,25,27)(H,26,28). The van der Waals surface area contributed by atoms with Crippen LogP contribution in [0, 0.1) is 23.0 Å². The van der Waals surface area contributed by atoms with Crippen molar-refractivity contribution in [1.29, 1.82) is 5.26 Å². The molecule has 3 aromatic rings. The lowest BCUT2D eigenvalue weighted by atomic mass is 10.1. The van der Waals surface area contributed by atoms with Gasteiger partial charge < -0.3 is 10.6 Å². The van der Waals surface area contributed by atoms with E-state index >= 15 is 0 Å². The summed E-state index contributed by atoms with van der Waals surface area (Å²) in [5.41, 5.74) is 1.56. The van der Waals surface area contributed by atoms with Gasteiger partial charge in [0.2, 0.25) is 0 Å². The first-order valence-electron chi connectivity index (χ1n) is 8.14. The maximum absolute atomic E-state index is 13.2. The molecule has 138 valence electrons. The molecule has 5 nitrogen and oxygen atoms in total. The third-order valence-electron chi connectivity index (χ3n) is 3.84. The summed E-state index contributed by atoms with van der Waals surface area (Å²) >= 11 is 0. The Bertz CT molecular complexity index is 1090. The number of amides is 2. The molecule has 0 atom stereocenters. The van der Waals surface area contributed by atoms with Gasteiger partial charge in [0.25, 0.3) is 11.8 Å². The second kappa shape index (κ2) is 8.10. The van der Waals surface area contributed by atoms with Crippen LogP contribution in [0.15, 0.2) is 66.7 Å². The average Bonchev–Trinajstić information content (AvgIpc) is 2.71. The van der Waals surface area contributed by atoms with Gasteiger partial charge in [0.05, 0.1) is 11.6 Å². The van der Waals surface area contributed by atoms with Gasteiger partial charge in [-0.2, -0.15) is 5.26 Å². The van der Waals surface area contributed by atoms with Crippen molar-refractivity contribution in [3.05, 3.63) is 95.1 Å². The van der Waals surface area contributed by atoms with Crippen molar-refractivity contribution < 1.29 is 18.4 Å². The second-order valence-electron chi connectivity index (χ2n) is 5.81. The average molecular weight is 377 g/mol. The fourth-order valence-corrected chi connectivity index (χ4v) is 2.42. The molecule has 7 heteroatoms. The summed E-state index contributed by atoms with van der Waals surface area (Å²) in [6.07, 6.45) is 0. The van der Waals surface area contributed by atoms with Gasteiger partial charge in [0.15, 0.2) is 11.6 Å². The number of hydrogen-bond acceptors (Lipinski definition) is 3. The molecule has 0 bridgehead atoms. The number of hydrogen-bond donors (Lipinski definition) is 2. The van der Waals surface area contributed by atoms with E-state index in [0.717, 1.165) is 12.1 Å². The van der Waals surface area contributed by atoms with Gasteiger partial charge in [0.1, 0.15) is 0 Å². The molecule has 28 heavy (non-hydrogen) atoms. The Morgan fingerprint density at radius 2 is 1.32 bits per heavy atom. The summed E-state index contributed by atoms with van der Waals surface area (Å²) in [6, 6.07) is 17.3. The highest BCUT2D eigenvalue weighted by Gasteiger charge is 2.11. The molecule has 0 radical (unpaired) electrons. The molecule has 2 amide bonds. The smallest absolute Gasteiger partial charge is 0.255 e. The lowest BCUT2D eigenvalue weighted by Gasteiger charge is -2.08. The molecule has 2 N–H and O–H groups in total. The topological polar surface area (TPSA) is 82.0 Å². The van der Waals surface area contributed by atoms with Crippen LogP contribution in [0.5, 0.6) is 0 Å². The molecule has 3 aromatic carbocycles. The van der Waals surface area contributed by atoms with Crippen LogP contribution in [0.3, 0.4) is 0 Å². The zero-order valence-electron chi connectivity index (χ0n) is 14.4. The number of benzene rings is 3. The Balaban J connectivity index is 1.68. The molecule has 3 rings (SSSR count). The fraction of sp³-hybridized carbons (Fsp3) is 0. The molecule has 0 heterocycles. The van der Waals surface area contributed by atoms with Gasteiger partial charge >= 0.3 is 0 Å². The maximum Gasteiger partial charge on any atom is 0.255 e. The van der Waals surface area contributed by atoms with Crippen LogP contribution >= 0.6 is 0 Å². The van der Waals surface area contributed by atoms with E-state index in [1.165, 1.54) is 30.3 Å². The third-order valence-corrected chi connectivity index (χ3v) is 3.84. The van der Waals surface area contributed by atoms with Crippen molar-refractivity contribution in [3.63, 3.8) is 0 Å². The molecule has 0 unspecified atom stereocenters. The number of nitrogens with zero attached hydrogens (tertiary/aromatic N) is 1. The number of anilines is 2. The number of carbonyl (C=O) groups is 2. The molecule has 0 aliphatic heterocycles. The molecule has 0 aromatic heterocycles. The molecule has 0 fully saturated rings. The molecule has 0 aliphatic carbocycles. The summed E-state index contributed by atoms with van der Waals surface area (Å²) in [5, 5.41) is 14.0. The van der Waals surface area contributed by atoms with E-state index in [1.807, 2.05) is 6.07 Å². The van der Waals surface area contributed by atoms with Crippen LogP contribution in [0.2, 0.25) is 0 Å². The predicted molar refractivity (Wildman–Crippen MR) is 99.9 cm³/mol. The Morgan fingerprint density at radius 3 is 1.86 bits per heavy atom. The van der Waals surface area contributed by atoms with Crippen molar-refractivity contribution in [2.75, 3.05) is 10.6 Å².